The van der Waals surface area contributed by atoms with Crippen molar-refractivity contribution in [3.05, 3.63) is 55.1 Å². The molecule has 0 radical (unpaired) electrons. The average molecular weight is 219 g/mol. The summed E-state index contributed by atoms with van der Waals surface area (Å²) in [5.41, 5.74) is 1.17. The zero-order valence-corrected chi connectivity index (χ0v) is 8.71. The normalized spacial score (nSPS) is 6.69. The number of benzene rings is 1. The fraction of sp³-hybridized carbons (Fsp3) is 0. The van der Waals surface area contributed by atoms with E-state index in [1.54, 1.807) is 6.07 Å². The molecule has 0 unspecified atom stereocenters. The smallest absolute Gasteiger partial charge is 0.450 e. The van der Waals surface area contributed by atoms with Crippen LogP contribution in [-0.4, -0.2) is 16.4 Å². The number of carbonyl (C=O) groups is 1. The zero-order valence-electron chi connectivity index (χ0n) is 8.71. The van der Waals surface area contributed by atoms with Crippen LogP contribution >= 0.6 is 0 Å². The number of allylic oxidation sites excluding steroid dienone is 1. The number of nitrogens with zero attached hydrogens (tertiary/aromatic N) is 1. The molecule has 0 aromatic heterocycles. The lowest BCUT2D eigenvalue weighted by atomic mass is 10.2. The molecule has 16 heavy (non-hydrogen) atoms. The molecule has 0 bridgehead atoms. The van der Waals surface area contributed by atoms with Crippen LogP contribution in [0, 0.1) is 11.3 Å². The van der Waals surface area contributed by atoms with Crippen molar-refractivity contribution in [2.45, 2.75) is 0 Å². The number of hydrogen-bond donors (Lipinski definition) is 2. The van der Waals surface area contributed by atoms with Crippen LogP contribution in [0.4, 0.5) is 4.79 Å². The summed E-state index contributed by atoms with van der Waals surface area (Å²) >= 11 is 0. The van der Waals surface area contributed by atoms with Crippen LogP contribution < -0.4 is 0 Å². The number of rotatable bonds is 1. The molecule has 0 aliphatic carbocycles. The van der Waals surface area contributed by atoms with Crippen molar-refractivity contribution in [2.75, 3.05) is 0 Å². The molecule has 1 rings (SSSR count). The molecule has 84 valence electrons. The van der Waals surface area contributed by atoms with Crippen molar-refractivity contribution in [3.8, 4) is 6.07 Å². The predicted molar refractivity (Wildman–Crippen MR) is 63.0 cm³/mol. The van der Waals surface area contributed by atoms with E-state index < -0.39 is 6.16 Å². The van der Waals surface area contributed by atoms with E-state index in [0.29, 0.717) is 0 Å². The standard InChI is InChI=1S/C8H8.C3H3N.CH2O3/c1-2-8-6-4-3-5-7-8;1-2-3-4;2-1(3)4/h2-7H,1H2;2H,1H2;(H2,2,3,4). The Bertz CT molecular complexity index is 348. The first-order valence-electron chi connectivity index (χ1n) is 4.18. The second-order valence-electron chi connectivity index (χ2n) is 2.23. The Hall–Kier alpha value is -2.54. The number of hydrogen-bond acceptors (Lipinski definition) is 2. The van der Waals surface area contributed by atoms with Crippen LogP contribution in [0.5, 0.6) is 0 Å². The molecule has 4 nitrogen and oxygen atoms in total. The molecular weight excluding hydrogens is 206 g/mol. The van der Waals surface area contributed by atoms with Gasteiger partial charge in [-0.05, 0) is 5.56 Å². The Kier molecular flexibility index (Phi) is 12.4. The van der Waals surface area contributed by atoms with Gasteiger partial charge < -0.3 is 10.2 Å². The Balaban J connectivity index is 0. The summed E-state index contributed by atoms with van der Waals surface area (Å²) in [6, 6.07) is 11.7. The van der Waals surface area contributed by atoms with Gasteiger partial charge in [-0.2, -0.15) is 5.26 Å². The summed E-state index contributed by atoms with van der Waals surface area (Å²) in [5.74, 6) is 0. The van der Waals surface area contributed by atoms with Gasteiger partial charge in [-0.3, -0.25) is 0 Å². The SMILES string of the molecule is C=CC#N.C=Cc1ccccc1.O=C(O)O. The van der Waals surface area contributed by atoms with E-state index in [1.807, 2.05) is 36.4 Å². The first-order chi connectivity index (χ1) is 7.58. The van der Waals surface area contributed by atoms with Crippen molar-refractivity contribution in [1.82, 2.24) is 0 Å². The summed E-state index contributed by atoms with van der Waals surface area (Å²) in [4.78, 5) is 8.56. The number of carboxylic acid groups (broad SMARTS) is 2. The lowest BCUT2D eigenvalue weighted by Crippen LogP contribution is -1.81. The molecule has 0 fully saturated rings. The van der Waals surface area contributed by atoms with E-state index in [9.17, 15) is 0 Å². The van der Waals surface area contributed by atoms with E-state index in [4.69, 9.17) is 20.3 Å². The van der Waals surface area contributed by atoms with Crippen LogP contribution in [0.25, 0.3) is 6.08 Å². The Morgan fingerprint density at radius 3 is 1.81 bits per heavy atom. The lowest BCUT2D eigenvalue weighted by Gasteiger charge is -1.85. The lowest BCUT2D eigenvalue weighted by molar-refractivity contribution is 0.137. The van der Waals surface area contributed by atoms with Crippen LogP contribution in [0.3, 0.4) is 0 Å². The highest BCUT2D eigenvalue weighted by Crippen LogP contribution is 1.97. The fourth-order valence-corrected chi connectivity index (χ4v) is 0.589. The average Bonchev–Trinajstić information content (AvgIpc) is 2.30. The minimum Gasteiger partial charge on any atom is -0.450 e. The van der Waals surface area contributed by atoms with Crippen LogP contribution in [0.1, 0.15) is 5.56 Å². The third-order valence-corrected chi connectivity index (χ3v) is 1.13. The molecule has 0 heterocycles. The summed E-state index contributed by atoms with van der Waals surface area (Å²) < 4.78 is 0. The van der Waals surface area contributed by atoms with Crippen LogP contribution in [0.2, 0.25) is 0 Å². The van der Waals surface area contributed by atoms with Gasteiger partial charge in [0.2, 0.25) is 0 Å². The zero-order chi connectivity index (χ0) is 12.8. The summed E-state index contributed by atoms with van der Waals surface area (Å²) in [6.45, 7) is 6.75. The highest BCUT2D eigenvalue weighted by Gasteiger charge is 1.75. The Morgan fingerprint density at radius 2 is 1.62 bits per heavy atom. The molecule has 0 aliphatic heterocycles. The fourth-order valence-electron chi connectivity index (χ4n) is 0.589. The maximum atomic E-state index is 8.56. The van der Waals surface area contributed by atoms with Gasteiger partial charge in [-0.25, -0.2) is 4.79 Å². The van der Waals surface area contributed by atoms with Crippen LogP contribution in [0.15, 0.2) is 49.6 Å². The Labute approximate surface area is 94.4 Å². The first-order valence-corrected chi connectivity index (χ1v) is 4.18. The molecule has 1 aromatic carbocycles. The molecular formula is C12H13NO3. The summed E-state index contributed by atoms with van der Waals surface area (Å²) in [5, 5.41) is 21.5. The molecule has 0 saturated heterocycles. The van der Waals surface area contributed by atoms with E-state index in [2.05, 4.69) is 13.2 Å². The van der Waals surface area contributed by atoms with Crippen molar-refractivity contribution in [1.29, 1.82) is 5.26 Å². The van der Waals surface area contributed by atoms with Gasteiger partial charge >= 0.3 is 6.16 Å². The molecule has 0 saturated carbocycles. The largest absolute Gasteiger partial charge is 0.503 e. The van der Waals surface area contributed by atoms with E-state index in [-0.39, 0.29) is 0 Å². The molecule has 0 atom stereocenters. The highest BCUT2D eigenvalue weighted by atomic mass is 16.6. The maximum Gasteiger partial charge on any atom is 0.503 e. The van der Waals surface area contributed by atoms with E-state index >= 15 is 0 Å². The first kappa shape index (κ1) is 15.9. The molecule has 4 heteroatoms. The summed E-state index contributed by atoms with van der Waals surface area (Å²) in [6.07, 6.45) is 1.18. The Morgan fingerprint density at radius 1 is 1.25 bits per heavy atom. The molecule has 1 aromatic rings. The van der Waals surface area contributed by atoms with Gasteiger partial charge in [-0.1, -0.05) is 49.6 Å². The van der Waals surface area contributed by atoms with E-state index in [1.165, 1.54) is 11.6 Å². The third kappa shape index (κ3) is 17.5. The van der Waals surface area contributed by atoms with Gasteiger partial charge in [-0.15, -0.1) is 0 Å². The third-order valence-electron chi connectivity index (χ3n) is 1.13. The summed E-state index contributed by atoms with van der Waals surface area (Å²) in [7, 11) is 0. The molecule has 0 aliphatic rings. The van der Waals surface area contributed by atoms with Crippen molar-refractivity contribution >= 4 is 12.2 Å². The van der Waals surface area contributed by atoms with Gasteiger partial charge in [0, 0.05) is 6.08 Å². The second-order valence-corrected chi connectivity index (χ2v) is 2.23. The predicted octanol–water partition coefficient (Wildman–Crippen LogP) is 3.25. The van der Waals surface area contributed by atoms with Gasteiger partial charge in [0.15, 0.2) is 0 Å². The molecule has 2 N–H and O–H groups in total. The molecule has 0 spiro atoms. The highest BCUT2D eigenvalue weighted by molar-refractivity contribution is 5.53. The number of nitriles is 1. The quantitative estimate of drug-likeness (QED) is 0.710. The topological polar surface area (TPSA) is 81.3 Å². The molecule has 0 amide bonds. The second kappa shape index (κ2) is 12.5. The maximum absolute atomic E-state index is 8.56. The monoisotopic (exact) mass is 219 g/mol. The minimum atomic E-state index is -1.83. The van der Waals surface area contributed by atoms with Gasteiger partial charge in [0.05, 0.1) is 6.07 Å². The van der Waals surface area contributed by atoms with Crippen molar-refractivity contribution in [3.63, 3.8) is 0 Å². The van der Waals surface area contributed by atoms with Gasteiger partial charge in [0.1, 0.15) is 0 Å². The van der Waals surface area contributed by atoms with Crippen molar-refractivity contribution in [2.24, 2.45) is 0 Å². The van der Waals surface area contributed by atoms with Crippen molar-refractivity contribution < 1.29 is 15.0 Å². The van der Waals surface area contributed by atoms with Gasteiger partial charge in [0.25, 0.3) is 0 Å². The van der Waals surface area contributed by atoms with E-state index in [0.717, 1.165) is 0 Å². The van der Waals surface area contributed by atoms with Crippen LogP contribution in [-0.2, 0) is 0 Å². The minimum absolute atomic E-state index is 1.17.